The predicted octanol–water partition coefficient (Wildman–Crippen LogP) is -0.0927. The van der Waals surface area contributed by atoms with Crippen molar-refractivity contribution in [3.8, 4) is 0 Å². The van der Waals surface area contributed by atoms with Crippen molar-refractivity contribution >= 4 is 0 Å². The Balaban J connectivity index is 1.94. The van der Waals surface area contributed by atoms with Gasteiger partial charge in [0.05, 0.1) is 6.61 Å². The summed E-state index contributed by atoms with van der Waals surface area (Å²) >= 11 is 0. The van der Waals surface area contributed by atoms with Gasteiger partial charge in [0.15, 0.2) is 0 Å². The molecule has 1 atom stereocenters. The minimum absolute atomic E-state index is 0.245. The molecular weight excluding hydrogens is 180 g/mol. The topological polar surface area (TPSA) is 54.2 Å². The summed E-state index contributed by atoms with van der Waals surface area (Å²) in [7, 11) is 0. The SMILES string of the molecule is OCCN1CCCC(n2cnnc2)C1. The largest absolute Gasteiger partial charge is 0.395 e. The summed E-state index contributed by atoms with van der Waals surface area (Å²) in [5.41, 5.74) is 0. The minimum atomic E-state index is 0.245. The molecule has 1 N–H and O–H groups in total. The molecule has 78 valence electrons. The molecule has 5 nitrogen and oxygen atoms in total. The third-order valence-electron chi connectivity index (χ3n) is 2.76. The Kier molecular flexibility index (Phi) is 3.10. The van der Waals surface area contributed by atoms with Gasteiger partial charge in [-0.15, -0.1) is 10.2 Å². The molecule has 0 saturated carbocycles. The van der Waals surface area contributed by atoms with Gasteiger partial charge in [0.2, 0.25) is 0 Å². The van der Waals surface area contributed by atoms with E-state index in [1.54, 1.807) is 12.7 Å². The molecule has 0 spiro atoms. The fraction of sp³-hybridized carbons (Fsp3) is 0.778. The van der Waals surface area contributed by atoms with E-state index in [-0.39, 0.29) is 6.61 Å². The van der Waals surface area contributed by atoms with E-state index in [0.29, 0.717) is 6.04 Å². The first-order valence-corrected chi connectivity index (χ1v) is 5.07. The minimum Gasteiger partial charge on any atom is -0.395 e. The second kappa shape index (κ2) is 4.52. The van der Waals surface area contributed by atoms with Crippen molar-refractivity contribution in [1.29, 1.82) is 0 Å². The first-order chi connectivity index (χ1) is 6.90. The monoisotopic (exact) mass is 196 g/mol. The number of aliphatic hydroxyl groups is 1. The number of likely N-dealkylation sites (tertiary alicyclic amines) is 1. The van der Waals surface area contributed by atoms with Crippen molar-refractivity contribution in [2.45, 2.75) is 18.9 Å². The lowest BCUT2D eigenvalue weighted by atomic mass is 10.1. The average Bonchev–Trinajstić information content (AvgIpc) is 2.71. The van der Waals surface area contributed by atoms with Crippen LogP contribution < -0.4 is 0 Å². The van der Waals surface area contributed by atoms with Gasteiger partial charge in [-0.1, -0.05) is 0 Å². The van der Waals surface area contributed by atoms with Crippen LogP contribution in [0.15, 0.2) is 12.7 Å². The van der Waals surface area contributed by atoms with Crippen LogP contribution >= 0.6 is 0 Å². The van der Waals surface area contributed by atoms with Gasteiger partial charge < -0.3 is 9.67 Å². The molecule has 1 saturated heterocycles. The lowest BCUT2D eigenvalue weighted by Gasteiger charge is -2.32. The van der Waals surface area contributed by atoms with E-state index in [0.717, 1.165) is 19.6 Å². The highest BCUT2D eigenvalue weighted by Gasteiger charge is 2.20. The van der Waals surface area contributed by atoms with Crippen LogP contribution in [0.1, 0.15) is 18.9 Å². The predicted molar refractivity (Wildman–Crippen MR) is 51.8 cm³/mol. The van der Waals surface area contributed by atoms with E-state index >= 15 is 0 Å². The second-order valence-electron chi connectivity index (χ2n) is 3.73. The highest BCUT2D eigenvalue weighted by atomic mass is 16.3. The highest BCUT2D eigenvalue weighted by molar-refractivity contribution is 4.80. The zero-order valence-corrected chi connectivity index (χ0v) is 8.21. The first kappa shape index (κ1) is 9.61. The van der Waals surface area contributed by atoms with Crippen LogP contribution in [0.4, 0.5) is 0 Å². The van der Waals surface area contributed by atoms with Crippen LogP contribution in [-0.2, 0) is 0 Å². The molecule has 1 aromatic heterocycles. The molecule has 2 rings (SSSR count). The van der Waals surface area contributed by atoms with Crippen molar-refractivity contribution < 1.29 is 5.11 Å². The number of β-amino-alcohol motifs (C(OH)–C–C–N with tert-alkyl or cyclic N) is 1. The molecule has 0 radical (unpaired) electrons. The number of nitrogens with zero attached hydrogens (tertiary/aromatic N) is 4. The summed E-state index contributed by atoms with van der Waals surface area (Å²) in [6.45, 7) is 3.12. The summed E-state index contributed by atoms with van der Waals surface area (Å²) in [4.78, 5) is 2.29. The molecule has 0 bridgehead atoms. The fourth-order valence-electron chi connectivity index (χ4n) is 2.02. The summed E-state index contributed by atoms with van der Waals surface area (Å²) in [5.74, 6) is 0. The van der Waals surface area contributed by atoms with E-state index in [4.69, 9.17) is 5.11 Å². The Bertz CT molecular complexity index is 260. The maximum atomic E-state index is 8.86. The van der Waals surface area contributed by atoms with Crippen LogP contribution in [-0.4, -0.2) is 51.0 Å². The summed E-state index contributed by atoms with van der Waals surface area (Å²) in [6, 6.07) is 0.477. The smallest absolute Gasteiger partial charge is 0.119 e. The maximum absolute atomic E-state index is 8.86. The molecule has 1 fully saturated rings. The van der Waals surface area contributed by atoms with E-state index in [1.807, 2.05) is 0 Å². The molecule has 0 aromatic carbocycles. The van der Waals surface area contributed by atoms with Crippen molar-refractivity contribution in [3.05, 3.63) is 12.7 Å². The Morgan fingerprint density at radius 2 is 2.14 bits per heavy atom. The molecule has 1 aliphatic rings. The standard InChI is InChI=1S/C9H16N4O/c14-5-4-12-3-1-2-9(6-12)13-7-10-11-8-13/h7-9,14H,1-6H2. The number of rotatable bonds is 3. The van der Waals surface area contributed by atoms with Crippen molar-refractivity contribution in [2.24, 2.45) is 0 Å². The number of aliphatic hydroxyl groups excluding tert-OH is 1. The van der Waals surface area contributed by atoms with Gasteiger partial charge in [0.25, 0.3) is 0 Å². The van der Waals surface area contributed by atoms with Crippen molar-refractivity contribution in [1.82, 2.24) is 19.7 Å². The molecule has 0 amide bonds. The number of hydrogen-bond acceptors (Lipinski definition) is 4. The molecule has 0 aliphatic carbocycles. The van der Waals surface area contributed by atoms with Gasteiger partial charge in [0, 0.05) is 19.1 Å². The van der Waals surface area contributed by atoms with Crippen LogP contribution in [0.2, 0.25) is 0 Å². The van der Waals surface area contributed by atoms with E-state index in [1.165, 1.54) is 12.8 Å². The molecule has 5 heteroatoms. The highest BCUT2D eigenvalue weighted by Crippen LogP contribution is 2.20. The molecular formula is C9H16N4O. The average molecular weight is 196 g/mol. The molecule has 1 aliphatic heterocycles. The normalized spacial score (nSPS) is 23.9. The van der Waals surface area contributed by atoms with Gasteiger partial charge in [-0.25, -0.2) is 0 Å². The zero-order chi connectivity index (χ0) is 9.80. The third-order valence-corrected chi connectivity index (χ3v) is 2.76. The summed E-state index contributed by atoms with van der Waals surface area (Å²) in [6.07, 6.45) is 5.91. The van der Waals surface area contributed by atoms with Gasteiger partial charge in [-0.3, -0.25) is 4.90 Å². The maximum Gasteiger partial charge on any atom is 0.119 e. The van der Waals surface area contributed by atoms with Crippen LogP contribution in [0.5, 0.6) is 0 Å². The van der Waals surface area contributed by atoms with Crippen LogP contribution in [0, 0.1) is 0 Å². The summed E-state index contributed by atoms with van der Waals surface area (Å²) in [5, 5.41) is 16.5. The number of hydrogen-bond donors (Lipinski definition) is 1. The Morgan fingerprint density at radius 1 is 1.36 bits per heavy atom. The Hall–Kier alpha value is -0.940. The van der Waals surface area contributed by atoms with Gasteiger partial charge in [0.1, 0.15) is 12.7 Å². The second-order valence-corrected chi connectivity index (χ2v) is 3.73. The Labute approximate surface area is 83.4 Å². The van der Waals surface area contributed by atoms with Gasteiger partial charge >= 0.3 is 0 Å². The fourth-order valence-corrected chi connectivity index (χ4v) is 2.02. The summed E-state index contributed by atoms with van der Waals surface area (Å²) < 4.78 is 2.06. The van der Waals surface area contributed by atoms with Crippen molar-refractivity contribution in [3.63, 3.8) is 0 Å². The van der Waals surface area contributed by atoms with Crippen LogP contribution in [0.25, 0.3) is 0 Å². The molecule has 1 unspecified atom stereocenters. The van der Waals surface area contributed by atoms with Gasteiger partial charge in [-0.2, -0.15) is 0 Å². The van der Waals surface area contributed by atoms with Gasteiger partial charge in [-0.05, 0) is 19.4 Å². The van der Waals surface area contributed by atoms with E-state index in [9.17, 15) is 0 Å². The number of aromatic nitrogens is 3. The van der Waals surface area contributed by atoms with E-state index < -0.39 is 0 Å². The zero-order valence-electron chi connectivity index (χ0n) is 8.21. The molecule has 2 heterocycles. The lowest BCUT2D eigenvalue weighted by Crippen LogP contribution is -2.37. The molecule has 1 aromatic rings. The number of piperidine rings is 1. The van der Waals surface area contributed by atoms with Crippen molar-refractivity contribution in [2.75, 3.05) is 26.2 Å². The lowest BCUT2D eigenvalue weighted by molar-refractivity contribution is 0.142. The third kappa shape index (κ3) is 2.10. The first-order valence-electron chi connectivity index (χ1n) is 5.07. The molecule has 14 heavy (non-hydrogen) atoms. The van der Waals surface area contributed by atoms with E-state index in [2.05, 4.69) is 19.7 Å². The quantitative estimate of drug-likeness (QED) is 0.734. The Morgan fingerprint density at radius 3 is 2.86 bits per heavy atom. The van der Waals surface area contributed by atoms with Crippen LogP contribution in [0.3, 0.4) is 0 Å².